The minimum atomic E-state index is -0.537. The molecule has 5 nitrogen and oxygen atoms in total. The topological polar surface area (TPSA) is 65.2 Å². The molecular formula is C16H18ClN3O2. The average Bonchev–Trinajstić information content (AvgIpc) is 2.93. The summed E-state index contributed by atoms with van der Waals surface area (Å²) < 4.78 is 0. The standard InChI is InChI=1S/C16H18ClN3O2/c1-16(2,3)20-14(21)12(19-15(20)22)7-9-8-18-13-10(9)5-4-6-11(13)17/h4-6,8,12,18H,7H2,1-3H3,(H,19,22)/t12-/m1/s1. The molecule has 3 rings (SSSR count). The second-order valence-electron chi connectivity index (χ2n) is 6.53. The fourth-order valence-electron chi connectivity index (χ4n) is 2.87. The monoisotopic (exact) mass is 319 g/mol. The predicted molar refractivity (Wildman–Crippen MR) is 85.9 cm³/mol. The molecule has 1 saturated heterocycles. The number of para-hydroxylation sites is 1. The first-order chi connectivity index (χ1) is 10.3. The van der Waals surface area contributed by atoms with E-state index in [4.69, 9.17) is 11.6 Å². The molecule has 0 spiro atoms. The van der Waals surface area contributed by atoms with E-state index >= 15 is 0 Å². The highest BCUT2D eigenvalue weighted by molar-refractivity contribution is 6.35. The average molecular weight is 320 g/mol. The summed E-state index contributed by atoms with van der Waals surface area (Å²) in [5.74, 6) is -0.186. The van der Waals surface area contributed by atoms with E-state index in [-0.39, 0.29) is 11.9 Å². The van der Waals surface area contributed by atoms with Gasteiger partial charge in [-0.3, -0.25) is 9.69 Å². The molecule has 1 aliphatic rings. The lowest BCUT2D eigenvalue weighted by Gasteiger charge is -2.28. The number of aromatic amines is 1. The van der Waals surface area contributed by atoms with Crippen LogP contribution in [0.25, 0.3) is 10.9 Å². The number of fused-ring (bicyclic) bond motifs is 1. The molecule has 0 saturated carbocycles. The first-order valence-electron chi connectivity index (χ1n) is 7.18. The number of carbonyl (C=O) groups is 2. The van der Waals surface area contributed by atoms with Crippen molar-refractivity contribution in [2.24, 2.45) is 0 Å². The lowest BCUT2D eigenvalue weighted by atomic mass is 10.0. The number of imide groups is 1. The van der Waals surface area contributed by atoms with Crippen LogP contribution in [0.4, 0.5) is 4.79 Å². The van der Waals surface area contributed by atoms with Gasteiger partial charge in [0.05, 0.1) is 10.5 Å². The maximum atomic E-state index is 12.5. The van der Waals surface area contributed by atoms with Gasteiger partial charge in [-0.2, -0.15) is 0 Å². The smallest absolute Gasteiger partial charge is 0.325 e. The molecule has 0 radical (unpaired) electrons. The largest absolute Gasteiger partial charge is 0.360 e. The Balaban J connectivity index is 1.89. The van der Waals surface area contributed by atoms with Crippen molar-refractivity contribution in [1.29, 1.82) is 0 Å². The number of urea groups is 1. The van der Waals surface area contributed by atoms with Crippen LogP contribution in [0.3, 0.4) is 0 Å². The molecule has 3 amide bonds. The molecule has 0 unspecified atom stereocenters. The van der Waals surface area contributed by atoms with Crippen LogP contribution in [0, 0.1) is 0 Å². The number of hydrogen-bond donors (Lipinski definition) is 2. The van der Waals surface area contributed by atoms with E-state index in [0.29, 0.717) is 11.4 Å². The number of rotatable bonds is 2. The summed E-state index contributed by atoms with van der Waals surface area (Å²) in [5.41, 5.74) is 1.29. The van der Waals surface area contributed by atoms with Crippen LogP contribution in [0.1, 0.15) is 26.3 Å². The normalized spacial score (nSPS) is 19.1. The van der Waals surface area contributed by atoms with Crippen LogP contribution in [0.5, 0.6) is 0 Å². The zero-order valence-corrected chi connectivity index (χ0v) is 13.5. The quantitative estimate of drug-likeness (QED) is 0.835. The van der Waals surface area contributed by atoms with E-state index in [2.05, 4.69) is 10.3 Å². The number of nitrogens with zero attached hydrogens (tertiary/aromatic N) is 1. The lowest BCUT2D eigenvalue weighted by Crippen LogP contribution is -2.46. The van der Waals surface area contributed by atoms with Crippen LogP contribution < -0.4 is 5.32 Å². The van der Waals surface area contributed by atoms with Gasteiger partial charge in [0.15, 0.2) is 0 Å². The number of hydrogen-bond acceptors (Lipinski definition) is 2. The number of benzene rings is 1. The maximum absolute atomic E-state index is 12.5. The number of amides is 3. The Morgan fingerprint density at radius 3 is 2.64 bits per heavy atom. The third-order valence-corrected chi connectivity index (χ3v) is 4.18. The fraction of sp³-hybridized carbons (Fsp3) is 0.375. The van der Waals surface area contributed by atoms with E-state index < -0.39 is 11.6 Å². The molecule has 2 heterocycles. The summed E-state index contributed by atoms with van der Waals surface area (Å²) in [6, 6.07) is 4.77. The third-order valence-electron chi connectivity index (χ3n) is 3.86. The summed E-state index contributed by atoms with van der Waals surface area (Å²) in [7, 11) is 0. The summed E-state index contributed by atoms with van der Waals surface area (Å²) in [4.78, 5) is 29.0. The van der Waals surface area contributed by atoms with Gasteiger partial charge in [-0.25, -0.2) is 4.79 Å². The summed E-state index contributed by atoms with van der Waals surface area (Å²) in [6.45, 7) is 5.54. The Morgan fingerprint density at radius 2 is 2.00 bits per heavy atom. The van der Waals surface area contributed by atoms with Gasteiger partial charge in [-0.05, 0) is 32.4 Å². The maximum Gasteiger partial charge on any atom is 0.325 e. The molecule has 0 aliphatic carbocycles. The van der Waals surface area contributed by atoms with Crippen LogP contribution in [0.2, 0.25) is 5.02 Å². The van der Waals surface area contributed by atoms with Crippen molar-refractivity contribution in [2.45, 2.75) is 38.8 Å². The first kappa shape index (κ1) is 14.9. The summed E-state index contributed by atoms with van der Waals surface area (Å²) in [6.07, 6.45) is 2.28. The van der Waals surface area contributed by atoms with Crippen molar-refractivity contribution < 1.29 is 9.59 Å². The minimum absolute atomic E-state index is 0.186. The Hall–Kier alpha value is -2.01. The Bertz CT molecular complexity index is 760. The molecule has 116 valence electrons. The van der Waals surface area contributed by atoms with Gasteiger partial charge < -0.3 is 10.3 Å². The lowest BCUT2D eigenvalue weighted by molar-refractivity contribution is -0.130. The second-order valence-corrected chi connectivity index (χ2v) is 6.93. The molecule has 22 heavy (non-hydrogen) atoms. The van der Waals surface area contributed by atoms with Crippen molar-refractivity contribution in [1.82, 2.24) is 15.2 Å². The number of nitrogens with one attached hydrogen (secondary N) is 2. The zero-order chi connectivity index (χ0) is 16.1. The minimum Gasteiger partial charge on any atom is -0.360 e. The van der Waals surface area contributed by atoms with Crippen molar-refractivity contribution in [3.63, 3.8) is 0 Å². The third kappa shape index (κ3) is 2.35. The van der Waals surface area contributed by atoms with Gasteiger partial charge in [-0.15, -0.1) is 0 Å². The molecular weight excluding hydrogens is 302 g/mol. The SMILES string of the molecule is CC(C)(C)N1C(=O)N[C@H](Cc2c[nH]c3c(Cl)cccc23)C1=O. The second kappa shape index (κ2) is 5.02. The highest BCUT2D eigenvalue weighted by atomic mass is 35.5. The van der Waals surface area contributed by atoms with Gasteiger partial charge in [0.2, 0.25) is 0 Å². The van der Waals surface area contributed by atoms with Crippen LogP contribution in [0.15, 0.2) is 24.4 Å². The van der Waals surface area contributed by atoms with Crippen LogP contribution in [-0.4, -0.2) is 33.4 Å². The zero-order valence-electron chi connectivity index (χ0n) is 12.7. The van der Waals surface area contributed by atoms with E-state index in [1.165, 1.54) is 4.90 Å². The Kier molecular flexibility index (Phi) is 3.40. The molecule has 1 aromatic carbocycles. The predicted octanol–water partition coefficient (Wildman–Crippen LogP) is 3.08. The molecule has 1 atom stereocenters. The molecule has 6 heteroatoms. The molecule has 0 bridgehead atoms. The van der Waals surface area contributed by atoms with Gasteiger partial charge in [0.1, 0.15) is 6.04 Å². The Morgan fingerprint density at radius 1 is 1.27 bits per heavy atom. The van der Waals surface area contributed by atoms with Crippen LogP contribution in [-0.2, 0) is 11.2 Å². The van der Waals surface area contributed by atoms with E-state index in [0.717, 1.165) is 16.5 Å². The molecule has 1 fully saturated rings. The van der Waals surface area contributed by atoms with Gasteiger partial charge in [0, 0.05) is 23.5 Å². The molecule has 2 N–H and O–H groups in total. The molecule has 2 aromatic rings. The van der Waals surface area contributed by atoms with Crippen LogP contribution >= 0.6 is 11.6 Å². The van der Waals surface area contributed by atoms with Crippen molar-refractivity contribution in [3.8, 4) is 0 Å². The Labute approximate surface area is 133 Å². The number of H-pyrrole nitrogens is 1. The highest BCUT2D eigenvalue weighted by Gasteiger charge is 2.43. The van der Waals surface area contributed by atoms with Gasteiger partial charge in [0.25, 0.3) is 5.91 Å². The van der Waals surface area contributed by atoms with E-state index in [9.17, 15) is 9.59 Å². The van der Waals surface area contributed by atoms with E-state index in [1.54, 1.807) is 0 Å². The summed E-state index contributed by atoms with van der Waals surface area (Å²) in [5, 5.41) is 4.38. The number of halogens is 1. The molecule has 1 aliphatic heterocycles. The first-order valence-corrected chi connectivity index (χ1v) is 7.56. The van der Waals surface area contributed by atoms with E-state index in [1.807, 2.05) is 45.2 Å². The highest BCUT2D eigenvalue weighted by Crippen LogP contribution is 2.27. The van der Waals surface area contributed by atoms with Gasteiger partial charge in [-0.1, -0.05) is 23.7 Å². The van der Waals surface area contributed by atoms with Crippen molar-refractivity contribution in [3.05, 3.63) is 35.0 Å². The number of carbonyl (C=O) groups excluding carboxylic acids is 2. The number of aromatic nitrogens is 1. The van der Waals surface area contributed by atoms with Crippen molar-refractivity contribution >= 4 is 34.4 Å². The fourth-order valence-corrected chi connectivity index (χ4v) is 3.10. The summed E-state index contributed by atoms with van der Waals surface area (Å²) >= 11 is 6.15. The molecule has 1 aromatic heterocycles. The van der Waals surface area contributed by atoms with Gasteiger partial charge >= 0.3 is 6.03 Å². The van der Waals surface area contributed by atoms with Crippen molar-refractivity contribution in [2.75, 3.05) is 0 Å².